The monoisotopic (exact) mass is 504 g/mol. The number of aromatic amines is 1. The third-order valence-corrected chi connectivity index (χ3v) is 5.06. The Kier molecular flexibility index (Phi) is 10.5. The Morgan fingerprint density at radius 3 is 2.06 bits per heavy atom. The number of nitrogens with two attached hydrogens (primary N) is 1. The third-order valence-electron chi connectivity index (χ3n) is 5.06. The minimum atomic E-state index is -1.71. The fourth-order valence-corrected chi connectivity index (χ4v) is 3.18. The molecular formula is C22H28N6O8. The van der Waals surface area contributed by atoms with Crippen molar-refractivity contribution in [2.24, 2.45) is 5.73 Å². The van der Waals surface area contributed by atoms with Gasteiger partial charge in [0.15, 0.2) is 0 Å². The van der Waals surface area contributed by atoms with E-state index in [0.29, 0.717) is 5.69 Å². The molecule has 0 bridgehead atoms. The smallest absolute Gasteiger partial charge is 0.328 e. The van der Waals surface area contributed by atoms with Gasteiger partial charge in [-0.2, -0.15) is 0 Å². The SMILES string of the molecule is NC(Cc1ccccc1)C(=O)NC(Cc1cnc[nH]1)C(=O)NC(CC(=O)O)C(=O)NC(CO)C(=O)O. The van der Waals surface area contributed by atoms with Crippen LogP contribution in [0.5, 0.6) is 0 Å². The van der Waals surface area contributed by atoms with Crippen molar-refractivity contribution >= 4 is 29.7 Å². The summed E-state index contributed by atoms with van der Waals surface area (Å²) in [6, 6.07) is 3.26. The highest BCUT2D eigenvalue weighted by atomic mass is 16.4. The number of amides is 3. The number of hydrogen-bond donors (Lipinski definition) is 8. The molecule has 0 spiro atoms. The number of carbonyl (C=O) groups excluding carboxylic acids is 3. The number of aliphatic hydroxyl groups excluding tert-OH is 1. The Labute approximate surface area is 205 Å². The van der Waals surface area contributed by atoms with E-state index in [4.69, 9.17) is 21.1 Å². The highest BCUT2D eigenvalue weighted by Crippen LogP contribution is 2.05. The zero-order chi connectivity index (χ0) is 26.7. The number of aromatic nitrogens is 2. The Balaban J connectivity index is 2.16. The number of nitrogens with zero attached hydrogens (tertiary/aromatic N) is 1. The van der Waals surface area contributed by atoms with Crippen molar-refractivity contribution in [3.8, 4) is 0 Å². The molecule has 0 aliphatic rings. The number of carbonyl (C=O) groups is 5. The maximum atomic E-state index is 13.0. The molecule has 2 rings (SSSR count). The van der Waals surface area contributed by atoms with Gasteiger partial charge in [-0.15, -0.1) is 0 Å². The van der Waals surface area contributed by atoms with Crippen LogP contribution in [0.25, 0.3) is 0 Å². The average Bonchev–Trinajstić information content (AvgIpc) is 3.34. The molecule has 4 atom stereocenters. The molecule has 14 nitrogen and oxygen atoms in total. The van der Waals surface area contributed by atoms with Crippen LogP contribution in [0, 0.1) is 0 Å². The molecule has 3 amide bonds. The van der Waals surface area contributed by atoms with E-state index in [0.717, 1.165) is 5.56 Å². The van der Waals surface area contributed by atoms with Gasteiger partial charge in [0.1, 0.15) is 18.1 Å². The van der Waals surface area contributed by atoms with Crippen LogP contribution < -0.4 is 21.7 Å². The summed E-state index contributed by atoms with van der Waals surface area (Å²) < 4.78 is 0. The number of H-pyrrole nitrogens is 1. The first-order valence-electron chi connectivity index (χ1n) is 10.8. The van der Waals surface area contributed by atoms with Crippen LogP contribution in [0.2, 0.25) is 0 Å². The van der Waals surface area contributed by atoms with Gasteiger partial charge >= 0.3 is 11.9 Å². The predicted molar refractivity (Wildman–Crippen MR) is 123 cm³/mol. The molecular weight excluding hydrogens is 476 g/mol. The topological polar surface area (TPSA) is 237 Å². The number of carboxylic acid groups (broad SMARTS) is 2. The van der Waals surface area contributed by atoms with E-state index in [-0.39, 0.29) is 12.8 Å². The summed E-state index contributed by atoms with van der Waals surface area (Å²) in [7, 11) is 0. The third kappa shape index (κ3) is 8.81. The molecule has 1 aromatic carbocycles. The minimum absolute atomic E-state index is 0.0918. The lowest BCUT2D eigenvalue weighted by Gasteiger charge is -2.24. The van der Waals surface area contributed by atoms with Crippen LogP contribution >= 0.6 is 0 Å². The van der Waals surface area contributed by atoms with Crippen molar-refractivity contribution in [1.29, 1.82) is 0 Å². The van der Waals surface area contributed by atoms with E-state index >= 15 is 0 Å². The number of benzene rings is 1. The van der Waals surface area contributed by atoms with Gasteiger partial charge in [0, 0.05) is 18.3 Å². The van der Waals surface area contributed by atoms with Gasteiger partial charge in [0.25, 0.3) is 0 Å². The Hall–Kier alpha value is -4.30. The number of aliphatic carboxylic acids is 2. The molecule has 1 aromatic heterocycles. The number of rotatable bonds is 14. The highest BCUT2D eigenvalue weighted by Gasteiger charge is 2.31. The van der Waals surface area contributed by atoms with Gasteiger partial charge in [-0.1, -0.05) is 30.3 Å². The number of hydrogen-bond acceptors (Lipinski definition) is 8. The zero-order valence-electron chi connectivity index (χ0n) is 19.1. The van der Waals surface area contributed by atoms with Gasteiger partial charge < -0.3 is 42.0 Å². The second kappa shape index (κ2) is 13.6. The standard InChI is InChI=1S/C22H28N6O8/c23-14(6-12-4-2-1-3-5-12)19(32)26-15(7-13-9-24-11-25-13)20(33)27-16(8-18(30)31)21(34)28-17(10-29)22(35)36/h1-5,9,11,14-17,29H,6-8,10,23H2,(H,24,25)(H,26,32)(H,27,33)(H,28,34)(H,30,31)(H,35,36). The van der Waals surface area contributed by atoms with Crippen molar-refractivity contribution in [1.82, 2.24) is 25.9 Å². The van der Waals surface area contributed by atoms with Crippen LogP contribution in [0.15, 0.2) is 42.9 Å². The van der Waals surface area contributed by atoms with Crippen LogP contribution in [0.1, 0.15) is 17.7 Å². The molecule has 194 valence electrons. The molecule has 9 N–H and O–H groups in total. The molecule has 4 unspecified atom stereocenters. The second-order valence-corrected chi connectivity index (χ2v) is 7.88. The van der Waals surface area contributed by atoms with Crippen molar-refractivity contribution in [2.45, 2.75) is 43.4 Å². The molecule has 0 saturated heterocycles. The summed E-state index contributed by atoms with van der Waals surface area (Å²) in [5, 5.41) is 34.0. The second-order valence-electron chi connectivity index (χ2n) is 7.88. The quantitative estimate of drug-likeness (QED) is 0.135. The van der Waals surface area contributed by atoms with Gasteiger partial charge in [0.2, 0.25) is 17.7 Å². The summed E-state index contributed by atoms with van der Waals surface area (Å²) in [6.07, 6.45) is 1.98. The molecule has 36 heavy (non-hydrogen) atoms. The zero-order valence-corrected chi connectivity index (χ0v) is 19.1. The lowest BCUT2D eigenvalue weighted by Crippen LogP contribution is -2.58. The lowest BCUT2D eigenvalue weighted by molar-refractivity contribution is -0.144. The van der Waals surface area contributed by atoms with Crippen molar-refractivity contribution < 1.29 is 39.3 Å². The van der Waals surface area contributed by atoms with Crippen LogP contribution in [-0.2, 0) is 36.8 Å². The van der Waals surface area contributed by atoms with Gasteiger partial charge in [-0.3, -0.25) is 19.2 Å². The molecule has 1 heterocycles. The summed E-state index contributed by atoms with van der Waals surface area (Å²) in [5.74, 6) is -5.72. The number of aliphatic hydroxyl groups is 1. The molecule has 0 aliphatic carbocycles. The van der Waals surface area contributed by atoms with E-state index in [9.17, 15) is 24.0 Å². The normalized spacial score (nSPS) is 14.1. The average molecular weight is 505 g/mol. The van der Waals surface area contributed by atoms with E-state index in [1.807, 2.05) is 11.4 Å². The maximum absolute atomic E-state index is 13.0. The van der Waals surface area contributed by atoms with E-state index in [2.05, 4.69) is 20.6 Å². The Morgan fingerprint density at radius 2 is 1.50 bits per heavy atom. The first-order valence-corrected chi connectivity index (χ1v) is 10.8. The lowest BCUT2D eigenvalue weighted by atomic mass is 10.0. The molecule has 0 saturated carbocycles. The molecule has 14 heteroatoms. The molecule has 0 aliphatic heterocycles. The molecule has 0 fully saturated rings. The summed E-state index contributed by atoms with van der Waals surface area (Å²) in [6.45, 7) is -0.952. The molecule has 2 aromatic rings. The first-order chi connectivity index (χ1) is 17.1. The fraction of sp³-hybridized carbons (Fsp3) is 0.364. The Morgan fingerprint density at radius 1 is 0.889 bits per heavy atom. The predicted octanol–water partition coefficient (Wildman–Crippen LogP) is -2.47. The van der Waals surface area contributed by atoms with Gasteiger partial charge in [-0.25, -0.2) is 9.78 Å². The number of imidazole rings is 1. The number of carboxylic acids is 2. The van der Waals surface area contributed by atoms with Crippen LogP contribution in [-0.4, -0.2) is 85.7 Å². The maximum Gasteiger partial charge on any atom is 0.328 e. The van der Waals surface area contributed by atoms with Crippen molar-refractivity contribution in [2.75, 3.05) is 6.61 Å². The minimum Gasteiger partial charge on any atom is -0.481 e. The van der Waals surface area contributed by atoms with Crippen LogP contribution in [0.4, 0.5) is 0 Å². The van der Waals surface area contributed by atoms with Crippen LogP contribution in [0.3, 0.4) is 0 Å². The van der Waals surface area contributed by atoms with Crippen molar-refractivity contribution in [3.05, 3.63) is 54.1 Å². The first kappa shape index (κ1) is 27.9. The van der Waals surface area contributed by atoms with Gasteiger partial charge in [-0.05, 0) is 12.0 Å². The van der Waals surface area contributed by atoms with E-state index in [1.54, 1.807) is 24.3 Å². The highest BCUT2D eigenvalue weighted by molar-refractivity contribution is 5.95. The van der Waals surface area contributed by atoms with E-state index in [1.165, 1.54) is 12.5 Å². The number of nitrogens with one attached hydrogen (secondary N) is 4. The van der Waals surface area contributed by atoms with E-state index < -0.39 is 66.9 Å². The Bertz CT molecular complexity index is 1050. The summed E-state index contributed by atoms with van der Waals surface area (Å²) >= 11 is 0. The molecule has 0 radical (unpaired) electrons. The fourth-order valence-electron chi connectivity index (χ4n) is 3.18. The van der Waals surface area contributed by atoms with Crippen molar-refractivity contribution in [3.63, 3.8) is 0 Å². The summed E-state index contributed by atoms with van der Waals surface area (Å²) in [4.78, 5) is 67.2. The summed E-state index contributed by atoms with van der Waals surface area (Å²) in [5.41, 5.74) is 7.25. The van der Waals surface area contributed by atoms with Gasteiger partial charge in [0.05, 0.1) is 25.4 Å². The largest absolute Gasteiger partial charge is 0.481 e.